The Labute approximate surface area is 214 Å². The van der Waals surface area contributed by atoms with Crippen molar-refractivity contribution in [2.45, 2.75) is 38.1 Å². The van der Waals surface area contributed by atoms with Crippen molar-refractivity contribution in [2.24, 2.45) is 0 Å². The Kier molecular flexibility index (Phi) is 6.90. The summed E-state index contributed by atoms with van der Waals surface area (Å²) in [5, 5.41) is 7.41. The number of aromatic nitrogens is 1. The van der Waals surface area contributed by atoms with Crippen LogP contribution in [-0.2, 0) is 22.9 Å². The largest absolute Gasteiger partial charge is 0.406 e. The Morgan fingerprint density at radius 3 is 2.27 bits per heavy atom. The molecular weight excluding hydrogens is 499 g/mol. The number of hydrogen-bond acceptors (Lipinski definition) is 4. The van der Waals surface area contributed by atoms with Crippen LogP contribution in [-0.4, -0.2) is 36.7 Å². The molecule has 1 fully saturated rings. The summed E-state index contributed by atoms with van der Waals surface area (Å²) in [7, 11) is -3.01. The van der Waals surface area contributed by atoms with Gasteiger partial charge in [0.2, 0.25) is 0 Å². The molecule has 0 radical (unpaired) electrons. The maximum absolute atomic E-state index is 13.6. The molecule has 37 heavy (non-hydrogen) atoms. The first-order valence-corrected chi connectivity index (χ1v) is 14.0. The molecule has 0 atom stereocenters. The highest BCUT2D eigenvalue weighted by Crippen LogP contribution is 2.36. The molecule has 0 aliphatic carbocycles. The van der Waals surface area contributed by atoms with E-state index in [0.29, 0.717) is 47.2 Å². The minimum Gasteiger partial charge on any atom is -0.382 e. The van der Waals surface area contributed by atoms with Crippen LogP contribution < -0.4 is 10.6 Å². The summed E-state index contributed by atoms with van der Waals surface area (Å²) in [6.07, 6.45) is -3.43. The van der Waals surface area contributed by atoms with Crippen LogP contribution in [0, 0.1) is 0 Å². The third-order valence-electron chi connectivity index (χ3n) is 6.72. The Balaban J connectivity index is 1.44. The second-order valence-corrected chi connectivity index (χ2v) is 11.8. The maximum atomic E-state index is 13.6. The van der Waals surface area contributed by atoms with E-state index in [0.717, 1.165) is 11.3 Å². The van der Waals surface area contributed by atoms with Crippen molar-refractivity contribution in [3.05, 3.63) is 84.4 Å². The molecule has 3 aromatic carbocycles. The molecular formula is C28H28F3N3O2S. The number of hydrogen-bond donors (Lipinski definition) is 2. The van der Waals surface area contributed by atoms with Crippen LogP contribution in [0.4, 0.5) is 24.5 Å². The smallest absolute Gasteiger partial charge is 0.382 e. The van der Waals surface area contributed by atoms with E-state index in [1.807, 2.05) is 60.7 Å². The predicted octanol–water partition coefficient (Wildman–Crippen LogP) is 6.47. The molecule has 1 saturated heterocycles. The fourth-order valence-electron chi connectivity index (χ4n) is 4.81. The molecule has 1 aromatic heterocycles. The van der Waals surface area contributed by atoms with Gasteiger partial charge >= 0.3 is 6.18 Å². The van der Waals surface area contributed by atoms with Gasteiger partial charge in [-0.2, -0.15) is 13.2 Å². The molecule has 0 amide bonds. The fraction of sp³-hybridized carbons (Fsp3) is 0.286. The molecule has 2 heterocycles. The van der Waals surface area contributed by atoms with E-state index in [1.165, 1.54) is 4.57 Å². The van der Waals surface area contributed by atoms with E-state index in [4.69, 9.17) is 0 Å². The van der Waals surface area contributed by atoms with E-state index in [9.17, 15) is 21.6 Å². The van der Waals surface area contributed by atoms with Gasteiger partial charge in [0, 0.05) is 35.0 Å². The van der Waals surface area contributed by atoms with Crippen LogP contribution in [0.3, 0.4) is 0 Å². The lowest BCUT2D eigenvalue weighted by Gasteiger charge is -2.24. The van der Waals surface area contributed by atoms with Gasteiger partial charge in [0.1, 0.15) is 16.4 Å². The number of benzene rings is 3. The van der Waals surface area contributed by atoms with E-state index in [-0.39, 0.29) is 17.5 Å². The average Bonchev–Trinajstić information content (AvgIpc) is 3.23. The molecule has 9 heteroatoms. The number of halogens is 3. The first-order valence-electron chi connectivity index (χ1n) is 12.2. The predicted molar refractivity (Wildman–Crippen MR) is 142 cm³/mol. The lowest BCUT2D eigenvalue weighted by atomic mass is 10.1. The van der Waals surface area contributed by atoms with Gasteiger partial charge in [-0.3, -0.25) is 0 Å². The van der Waals surface area contributed by atoms with E-state index >= 15 is 0 Å². The Hall–Kier alpha value is -3.46. The van der Waals surface area contributed by atoms with Gasteiger partial charge in [0.25, 0.3) is 0 Å². The summed E-state index contributed by atoms with van der Waals surface area (Å²) in [5.74, 6) is 0.235. The summed E-state index contributed by atoms with van der Waals surface area (Å²) < 4.78 is 65.7. The minimum absolute atomic E-state index is 0.0417. The number of anilines is 2. The Morgan fingerprint density at radius 2 is 1.59 bits per heavy atom. The third kappa shape index (κ3) is 6.10. The second kappa shape index (κ2) is 10.1. The van der Waals surface area contributed by atoms with Gasteiger partial charge in [-0.15, -0.1) is 0 Å². The highest BCUT2D eigenvalue weighted by molar-refractivity contribution is 7.91. The second-order valence-electron chi connectivity index (χ2n) is 9.46. The quantitative estimate of drug-likeness (QED) is 0.289. The van der Waals surface area contributed by atoms with Gasteiger partial charge in [0.15, 0.2) is 0 Å². The van der Waals surface area contributed by atoms with Gasteiger partial charge in [-0.25, -0.2) is 8.42 Å². The van der Waals surface area contributed by atoms with Crippen LogP contribution in [0.5, 0.6) is 0 Å². The molecule has 0 saturated carbocycles. The molecule has 0 bridgehead atoms. The number of nitrogens with one attached hydrogen (secondary N) is 2. The SMILES string of the molecule is O=S1(=O)CCC(Nc2cccc3c2cc(-c2ccc(CNc4ccccc4)cc2)n3CC(F)(F)F)CC1. The van der Waals surface area contributed by atoms with Gasteiger partial charge in [-0.1, -0.05) is 48.5 Å². The number of alkyl halides is 3. The standard InChI is InChI=1S/C28H28F3N3O2S/c29-28(30,31)19-34-26-8-4-7-25(33-23-13-15-37(35,36)16-14-23)24(26)17-27(34)21-11-9-20(10-12-21)18-32-22-5-2-1-3-6-22/h1-12,17,23,32-33H,13-16,18-19H2. The number of para-hydroxylation sites is 1. The van der Waals surface area contributed by atoms with E-state index in [1.54, 1.807) is 18.2 Å². The van der Waals surface area contributed by atoms with E-state index < -0.39 is 22.6 Å². The zero-order valence-corrected chi connectivity index (χ0v) is 20.9. The van der Waals surface area contributed by atoms with Crippen molar-refractivity contribution in [3.8, 4) is 11.3 Å². The topological polar surface area (TPSA) is 63.1 Å². The van der Waals surface area contributed by atoms with Gasteiger partial charge in [0.05, 0.1) is 17.0 Å². The van der Waals surface area contributed by atoms with Crippen molar-refractivity contribution >= 4 is 32.1 Å². The lowest BCUT2D eigenvalue weighted by molar-refractivity contribution is -0.139. The molecule has 5 nitrogen and oxygen atoms in total. The van der Waals surface area contributed by atoms with Crippen LogP contribution >= 0.6 is 0 Å². The van der Waals surface area contributed by atoms with Gasteiger partial charge < -0.3 is 15.2 Å². The molecule has 4 aromatic rings. The summed E-state index contributed by atoms with van der Waals surface area (Å²) in [6.45, 7) is -0.505. The molecule has 0 spiro atoms. The summed E-state index contributed by atoms with van der Waals surface area (Å²) in [6, 6.07) is 24.3. The zero-order chi connectivity index (χ0) is 26.0. The number of sulfone groups is 1. The first kappa shape index (κ1) is 25.2. The zero-order valence-electron chi connectivity index (χ0n) is 20.1. The number of nitrogens with zero attached hydrogens (tertiary/aromatic N) is 1. The molecule has 0 unspecified atom stereocenters. The van der Waals surface area contributed by atoms with Crippen molar-refractivity contribution < 1.29 is 21.6 Å². The van der Waals surface area contributed by atoms with E-state index in [2.05, 4.69) is 10.6 Å². The highest BCUT2D eigenvalue weighted by atomic mass is 32.2. The summed E-state index contributed by atoms with van der Waals surface area (Å²) >= 11 is 0. The Morgan fingerprint density at radius 1 is 0.892 bits per heavy atom. The monoisotopic (exact) mass is 527 g/mol. The molecule has 2 N–H and O–H groups in total. The fourth-order valence-corrected chi connectivity index (χ4v) is 6.30. The van der Waals surface area contributed by atoms with Crippen molar-refractivity contribution in [3.63, 3.8) is 0 Å². The maximum Gasteiger partial charge on any atom is 0.406 e. The van der Waals surface area contributed by atoms with Crippen LogP contribution in [0.15, 0.2) is 78.9 Å². The summed E-state index contributed by atoms with van der Waals surface area (Å²) in [4.78, 5) is 0. The molecule has 1 aliphatic heterocycles. The van der Waals surface area contributed by atoms with Crippen molar-refractivity contribution in [1.82, 2.24) is 4.57 Å². The van der Waals surface area contributed by atoms with Gasteiger partial charge in [-0.05, 0) is 54.3 Å². The highest BCUT2D eigenvalue weighted by Gasteiger charge is 2.31. The molecule has 1 aliphatic rings. The average molecular weight is 528 g/mol. The van der Waals surface area contributed by atoms with Crippen LogP contribution in [0.1, 0.15) is 18.4 Å². The number of rotatable bonds is 7. The van der Waals surface area contributed by atoms with Crippen molar-refractivity contribution in [1.29, 1.82) is 0 Å². The lowest BCUT2D eigenvalue weighted by Crippen LogP contribution is -2.32. The molecule has 5 rings (SSSR count). The normalized spacial score (nSPS) is 16.1. The van der Waals surface area contributed by atoms with Crippen LogP contribution in [0.25, 0.3) is 22.2 Å². The minimum atomic E-state index is -4.39. The molecule has 194 valence electrons. The van der Waals surface area contributed by atoms with Crippen molar-refractivity contribution in [2.75, 3.05) is 22.1 Å². The third-order valence-corrected chi connectivity index (χ3v) is 8.43. The number of fused-ring (bicyclic) bond motifs is 1. The summed E-state index contributed by atoms with van der Waals surface area (Å²) in [5.41, 5.74) is 4.38. The van der Waals surface area contributed by atoms with Crippen LogP contribution in [0.2, 0.25) is 0 Å². The Bertz CT molecular complexity index is 1470. The first-order chi connectivity index (χ1) is 17.7.